The number of carboxylic acids is 1. The number of carbonyl (C=O) groups excluding carboxylic acids is 2. The third-order valence-corrected chi connectivity index (χ3v) is 6.21. The van der Waals surface area contributed by atoms with Gasteiger partial charge in [0.1, 0.15) is 17.5 Å². The molecule has 3 rings (SSSR count). The van der Waals surface area contributed by atoms with Crippen LogP contribution in [0.3, 0.4) is 0 Å². The zero-order chi connectivity index (χ0) is 24.7. The largest absolute Gasteiger partial charge is 0.493 e. The molecule has 0 aliphatic carbocycles. The first-order valence-electron chi connectivity index (χ1n) is 10.5. The summed E-state index contributed by atoms with van der Waals surface area (Å²) < 4.78 is 11.0. The number of ether oxygens (including phenoxy) is 2. The molecule has 2 amide bonds. The smallest absolute Gasteiger partial charge is 0.326 e. The summed E-state index contributed by atoms with van der Waals surface area (Å²) in [5.41, 5.74) is 0. The molecule has 0 bridgehead atoms. The van der Waals surface area contributed by atoms with Crippen LogP contribution >= 0.6 is 47.2 Å². The molecule has 0 aromatic heterocycles. The summed E-state index contributed by atoms with van der Waals surface area (Å²) in [5, 5.41) is 13.6. The van der Waals surface area contributed by atoms with Crippen LogP contribution in [0.2, 0.25) is 15.1 Å². The van der Waals surface area contributed by atoms with Crippen LogP contribution < -0.4 is 14.8 Å². The number of nitrogens with one attached hydrogen (secondary N) is 1. The first-order chi connectivity index (χ1) is 16.2. The number of piperidine rings is 1. The molecule has 0 saturated carbocycles. The molecular weight excluding hydrogens is 542 g/mol. The second-order valence-electron chi connectivity index (χ2n) is 7.65. The molecule has 12 heteroatoms. The fourth-order valence-electron chi connectivity index (χ4n) is 3.52. The van der Waals surface area contributed by atoms with E-state index >= 15 is 0 Å². The number of nitrogens with zero attached hydrogens (tertiary/aromatic N) is 1. The number of amides is 2. The number of benzene rings is 2. The molecule has 2 atom stereocenters. The molecular formula is C23H24Cl4N2O6. The zero-order valence-corrected chi connectivity index (χ0v) is 21.5. The maximum Gasteiger partial charge on any atom is 0.326 e. The van der Waals surface area contributed by atoms with Gasteiger partial charge in [0.15, 0.2) is 6.61 Å². The molecule has 35 heavy (non-hydrogen) atoms. The average molecular weight is 566 g/mol. The summed E-state index contributed by atoms with van der Waals surface area (Å²) in [6, 6.07) is 9.93. The van der Waals surface area contributed by atoms with Crippen molar-refractivity contribution in [3.8, 4) is 11.5 Å². The molecule has 0 spiro atoms. The van der Waals surface area contributed by atoms with Gasteiger partial charge in [0.05, 0.1) is 16.7 Å². The van der Waals surface area contributed by atoms with Crippen molar-refractivity contribution in [3.63, 3.8) is 0 Å². The highest BCUT2D eigenvalue weighted by molar-refractivity contribution is 6.42. The Morgan fingerprint density at radius 1 is 1.06 bits per heavy atom. The predicted octanol–water partition coefficient (Wildman–Crippen LogP) is 4.48. The molecule has 2 aromatic carbocycles. The van der Waals surface area contributed by atoms with Crippen molar-refractivity contribution < 1.29 is 29.0 Å². The molecule has 1 aliphatic rings. The van der Waals surface area contributed by atoms with E-state index in [2.05, 4.69) is 5.32 Å². The molecule has 1 heterocycles. The lowest BCUT2D eigenvalue weighted by Crippen LogP contribution is -2.54. The summed E-state index contributed by atoms with van der Waals surface area (Å²) >= 11 is 17.6. The van der Waals surface area contributed by atoms with E-state index in [4.69, 9.17) is 44.3 Å². The highest BCUT2D eigenvalue weighted by atomic mass is 35.5. The molecule has 2 unspecified atom stereocenters. The van der Waals surface area contributed by atoms with Gasteiger partial charge in [-0.15, -0.1) is 12.4 Å². The van der Waals surface area contributed by atoms with Gasteiger partial charge < -0.3 is 24.8 Å². The van der Waals surface area contributed by atoms with Gasteiger partial charge in [-0.05, 0) is 42.8 Å². The highest BCUT2D eigenvalue weighted by Gasteiger charge is 2.35. The van der Waals surface area contributed by atoms with Gasteiger partial charge in [0, 0.05) is 36.5 Å². The van der Waals surface area contributed by atoms with Crippen LogP contribution in [0.5, 0.6) is 11.5 Å². The third-order valence-electron chi connectivity index (χ3n) is 5.22. The Labute approximate surface area is 223 Å². The topological polar surface area (TPSA) is 105 Å². The second kappa shape index (κ2) is 13.6. The van der Waals surface area contributed by atoms with Crippen molar-refractivity contribution in [3.05, 3.63) is 57.5 Å². The number of hydrogen-bond donors (Lipinski definition) is 2. The van der Waals surface area contributed by atoms with Gasteiger partial charge in [0.2, 0.25) is 5.91 Å². The van der Waals surface area contributed by atoms with Crippen molar-refractivity contribution in [2.24, 2.45) is 0 Å². The van der Waals surface area contributed by atoms with Crippen LogP contribution in [0.25, 0.3) is 0 Å². The average Bonchev–Trinajstić information content (AvgIpc) is 2.79. The first-order valence-corrected chi connectivity index (χ1v) is 11.6. The molecule has 190 valence electrons. The molecule has 1 fully saturated rings. The van der Waals surface area contributed by atoms with Gasteiger partial charge in [-0.3, -0.25) is 9.59 Å². The lowest BCUT2D eigenvalue weighted by Gasteiger charge is -2.35. The highest BCUT2D eigenvalue weighted by Crippen LogP contribution is 2.26. The minimum absolute atomic E-state index is 0. The lowest BCUT2D eigenvalue weighted by atomic mass is 10.0. The summed E-state index contributed by atoms with van der Waals surface area (Å²) in [5.74, 6) is -0.903. The van der Waals surface area contributed by atoms with Gasteiger partial charge in [-0.1, -0.05) is 34.8 Å². The Kier molecular flexibility index (Phi) is 11.2. The Hall–Kier alpha value is -2.39. The van der Waals surface area contributed by atoms with Crippen LogP contribution in [0.15, 0.2) is 42.5 Å². The number of aliphatic carboxylic acids is 1. The van der Waals surface area contributed by atoms with Gasteiger partial charge >= 0.3 is 5.97 Å². The van der Waals surface area contributed by atoms with Crippen molar-refractivity contribution in [2.45, 2.75) is 31.3 Å². The summed E-state index contributed by atoms with van der Waals surface area (Å²) in [4.78, 5) is 38.0. The van der Waals surface area contributed by atoms with E-state index in [-0.39, 0.29) is 50.9 Å². The summed E-state index contributed by atoms with van der Waals surface area (Å²) in [6.45, 7) is 0.0656. The van der Waals surface area contributed by atoms with E-state index in [1.165, 1.54) is 11.0 Å². The summed E-state index contributed by atoms with van der Waals surface area (Å²) in [6.07, 6.45) is 0.546. The van der Waals surface area contributed by atoms with E-state index in [1.807, 2.05) is 0 Å². The van der Waals surface area contributed by atoms with E-state index in [9.17, 15) is 19.5 Å². The van der Waals surface area contributed by atoms with Crippen molar-refractivity contribution >= 4 is 65.0 Å². The standard InChI is InChI=1S/C23H23Cl3N2O6.ClH/c24-14-1-3-16(4-2-14)33-10-8-20(23(31)32)28-9-7-15(11-22(28)30)27-21(29)13-34-17-5-6-18(25)19(26)12-17;/h1-6,12,15,20H,7-11,13H2,(H,27,29)(H,31,32);1H. The van der Waals surface area contributed by atoms with E-state index < -0.39 is 24.0 Å². The maximum atomic E-state index is 12.6. The maximum absolute atomic E-state index is 12.6. The fraction of sp³-hybridized carbons (Fsp3) is 0.348. The number of likely N-dealkylation sites (tertiary alicyclic amines) is 1. The van der Waals surface area contributed by atoms with Gasteiger partial charge in [0.25, 0.3) is 5.91 Å². The van der Waals surface area contributed by atoms with Crippen LogP contribution in [-0.4, -0.2) is 59.6 Å². The van der Waals surface area contributed by atoms with Crippen LogP contribution in [-0.2, 0) is 14.4 Å². The quantitative estimate of drug-likeness (QED) is 0.440. The normalized spacial score (nSPS) is 16.1. The van der Waals surface area contributed by atoms with E-state index in [1.54, 1.807) is 36.4 Å². The Morgan fingerprint density at radius 2 is 1.74 bits per heavy atom. The van der Waals surface area contributed by atoms with Crippen LogP contribution in [0.1, 0.15) is 19.3 Å². The summed E-state index contributed by atoms with van der Waals surface area (Å²) in [7, 11) is 0. The first kappa shape index (κ1) is 28.8. The second-order valence-corrected chi connectivity index (χ2v) is 8.90. The Bertz CT molecular complexity index is 1040. The molecule has 1 aliphatic heterocycles. The van der Waals surface area contributed by atoms with Gasteiger partial charge in [-0.25, -0.2) is 4.79 Å². The predicted molar refractivity (Wildman–Crippen MR) is 135 cm³/mol. The lowest BCUT2D eigenvalue weighted by molar-refractivity contribution is -0.152. The number of carbonyl (C=O) groups is 3. The minimum Gasteiger partial charge on any atom is -0.493 e. The monoisotopic (exact) mass is 564 g/mol. The number of hydrogen-bond acceptors (Lipinski definition) is 5. The Balaban J connectivity index is 0.00000432. The zero-order valence-electron chi connectivity index (χ0n) is 18.4. The molecule has 2 aromatic rings. The van der Waals surface area contributed by atoms with E-state index in [0.717, 1.165) is 0 Å². The van der Waals surface area contributed by atoms with Crippen molar-refractivity contribution in [1.29, 1.82) is 0 Å². The molecule has 2 N–H and O–H groups in total. The number of carboxylic acid groups (broad SMARTS) is 1. The van der Waals surface area contributed by atoms with Crippen LogP contribution in [0, 0.1) is 0 Å². The number of rotatable bonds is 10. The Morgan fingerprint density at radius 3 is 2.37 bits per heavy atom. The van der Waals surface area contributed by atoms with Crippen molar-refractivity contribution in [2.75, 3.05) is 19.8 Å². The SMILES string of the molecule is Cl.O=C(COc1ccc(Cl)c(Cl)c1)NC1CCN(C(CCOc2ccc(Cl)cc2)C(=O)O)C(=O)C1. The number of halogens is 4. The van der Waals surface area contributed by atoms with Crippen molar-refractivity contribution in [1.82, 2.24) is 10.2 Å². The molecule has 1 saturated heterocycles. The molecule has 8 nitrogen and oxygen atoms in total. The van der Waals surface area contributed by atoms with Gasteiger partial charge in [-0.2, -0.15) is 0 Å². The minimum atomic E-state index is -1.11. The third kappa shape index (κ3) is 8.65. The fourth-order valence-corrected chi connectivity index (χ4v) is 3.93. The molecule has 0 radical (unpaired) electrons. The van der Waals surface area contributed by atoms with Crippen LogP contribution in [0.4, 0.5) is 0 Å². The van der Waals surface area contributed by atoms with E-state index in [0.29, 0.717) is 33.0 Å².